The first kappa shape index (κ1) is 27.5. The predicted octanol–water partition coefficient (Wildman–Crippen LogP) is 4.56. The number of carbonyl (C=O) groups is 1. The molecule has 0 aromatic heterocycles. The molecule has 1 aliphatic rings. The highest BCUT2D eigenvalue weighted by Gasteiger charge is 2.31. The zero-order chi connectivity index (χ0) is 25.8. The molecule has 0 saturated carbocycles. The molecule has 0 radical (unpaired) electrons. The zero-order valence-electron chi connectivity index (χ0n) is 20.4. The molecule has 1 amide bonds. The lowest BCUT2D eigenvalue weighted by Crippen LogP contribution is -2.50. The van der Waals surface area contributed by atoms with E-state index in [0.717, 1.165) is 29.2 Å². The van der Waals surface area contributed by atoms with Gasteiger partial charge in [0, 0.05) is 19.0 Å². The second-order valence-corrected chi connectivity index (χ2v) is 12.0. The lowest BCUT2D eigenvalue weighted by Gasteiger charge is -2.42. The van der Waals surface area contributed by atoms with Gasteiger partial charge in [0.05, 0.1) is 29.7 Å². The Hall–Kier alpha value is -2.04. The monoisotopic (exact) mass is 510 g/mol. The lowest BCUT2D eigenvalue weighted by molar-refractivity contribution is -0.123. The Balaban J connectivity index is 1.77. The molecule has 35 heavy (non-hydrogen) atoms. The van der Waals surface area contributed by atoms with Crippen LogP contribution in [0.25, 0.3) is 0 Å². The fourth-order valence-corrected chi connectivity index (χ4v) is 6.17. The van der Waals surface area contributed by atoms with Crippen LogP contribution in [0.2, 0.25) is 0 Å². The molecule has 5 N–H and O–H groups in total. The van der Waals surface area contributed by atoms with E-state index >= 15 is 0 Å². The van der Waals surface area contributed by atoms with Gasteiger partial charge in [-0.2, -0.15) is 10.6 Å². The van der Waals surface area contributed by atoms with Crippen molar-refractivity contribution >= 4 is 16.5 Å². The van der Waals surface area contributed by atoms with Crippen LogP contribution in [0, 0.1) is 17.6 Å². The summed E-state index contributed by atoms with van der Waals surface area (Å²) in [4.78, 5) is 12.5. The van der Waals surface area contributed by atoms with Gasteiger partial charge in [0.1, 0.15) is 11.6 Å². The molecule has 0 fully saturated rings. The quantitative estimate of drug-likeness (QED) is 0.323. The predicted molar refractivity (Wildman–Crippen MR) is 135 cm³/mol. The van der Waals surface area contributed by atoms with E-state index in [1.807, 2.05) is 39.0 Å². The van der Waals surface area contributed by atoms with Crippen LogP contribution in [0.15, 0.2) is 36.4 Å². The van der Waals surface area contributed by atoms with Gasteiger partial charge in [0.2, 0.25) is 5.91 Å². The van der Waals surface area contributed by atoms with Gasteiger partial charge in [0.15, 0.2) is 0 Å². The molecule has 2 aromatic rings. The third-order valence-corrected chi connectivity index (χ3v) is 7.81. The van der Waals surface area contributed by atoms with E-state index in [1.54, 1.807) is 0 Å². The topological polar surface area (TPSA) is 102 Å². The molecule has 3 rings (SSSR count). The standard InChI is InChI=1S/C26H36F2N2O4S/c1-4-17-5-6-19-14-35(33,34)15-24(22(19)10-17)29-13-25(31)23(30-26(32)7-16(2)3)11-18-8-20(27)12-21(28)9-18/h5-6,8-10,12,16,23-25,29,31,33-34H,4,7,11,13-15H2,1-3H3,(H,30,32)/t23-,24-,25+/m0/s1. The first-order chi connectivity index (χ1) is 16.5. The smallest absolute Gasteiger partial charge is 0.220 e. The molecule has 0 bridgehead atoms. The number of aliphatic hydroxyl groups excluding tert-OH is 1. The number of halogens is 2. The maximum atomic E-state index is 13.7. The van der Waals surface area contributed by atoms with Gasteiger partial charge in [-0.25, -0.2) is 8.78 Å². The summed E-state index contributed by atoms with van der Waals surface area (Å²) in [7, 11) is -2.82. The average molecular weight is 511 g/mol. The molecule has 1 heterocycles. The SMILES string of the molecule is CCc1ccc2c(c1)[C@@H](NC[C@@H](O)[C@H](Cc1cc(F)cc(F)c1)NC(=O)CC(C)C)CS(O)(O)C2. The van der Waals surface area contributed by atoms with Crippen molar-refractivity contribution in [3.8, 4) is 0 Å². The number of nitrogens with one attached hydrogen (secondary N) is 2. The minimum absolute atomic E-state index is 0.0395. The molecular weight excluding hydrogens is 474 g/mol. The lowest BCUT2D eigenvalue weighted by atomic mass is 9.96. The molecular formula is C26H36F2N2O4S. The van der Waals surface area contributed by atoms with E-state index in [9.17, 15) is 27.8 Å². The summed E-state index contributed by atoms with van der Waals surface area (Å²) >= 11 is 0. The third kappa shape index (κ3) is 7.98. The molecule has 0 spiro atoms. The Bertz CT molecular complexity index is 1010. The van der Waals surface area contributed by atoms with Crippen molar-refractivity contribution in [3.05, 3.63) is 70.3 Å². The number of rotatable bonds is 10. The number of aryl methyl sites for hydroxylation is 1. The fourth-order valence-electron chi connectivity index (χ4n) is 4.46. The summed E-state index contributed by atoms with van der Waals surface area (Å²) in [6.45, 7) is 5.89. The number of hydrogen-bond acceptors (Lipinski definition) is 5. The van der Waals surface area contributed by atoms with Crippen molar-refractivity contribution in [2.75, 3.05) is 12.3 Å². The highest BCUT2D eigenvalue weighted by molar-refractivity contribution is 8.23. The molecule has 2 aromatic carbocycles. The van der Waals surface area contributed by atoms with Gasteiger partial charge in [-0.05, 0) is 53.1 Å². The minimum atomic E-state index is -2.82. The highest BCUT2D eigenvalue weighted by atomic mass is 32.3. The summed E-state index contributed by atoms with van der Waals surface area (Å²) in [6.07, 6.45) is 0.0503. The largest absolute Gasteiger partial charge is 0.390 e. The Morgan fingerprint density at radius 2 is 1.80 bits per heavy atom. The van der Waals surface area contributed by atoms with Crippen LogP contribution >= 0.6 is 10.6 Å². The van der Waals surface area contributed by atoms with Crippen LogP contribution < -0.4 is 10.6 Å². The number of fused-ring (bicyclic) bond motifs is 1. The Morgan fingerprint density at radius 1 is 1.11 bits per heavy atom. The highest BCUT2D eigenvalue weighted by Crippen LogP contribution is 2.50. The van der Waals surface area contributed by atoms with Crippen molar-refractivity contribution in [1.29, 1.82) is 0 Å². The third-order valence-electron chi connectivity index (χ3n) is 6.17. The van der Waals surface area contributed by atoms with Crippen LogP contribution in [0.5, 0.6) is 0 Å². The number of benzene rings is 2. The Morgan fingerprint density at radius 3 is 2.43 bits per heavy atom. The number of hydrogen-bond donors (Lipinski definition) is 5. The van der Waals surface area contributed by atoms with Gasteiger partial charge < -0.3 is 15.7 Å². The molecule has 1 aliphatic heterocycles. The summed E-state index contributed by atoms with van der Waals surface area (Å²) in [5, 5.41) is 17.1. The van der Waals surface area contributed by atoms with Crippen molar-refractivity contribution in [2.24, 2.45) is 5.92 Å². The first-order valence-corrected chi connectivity index (χ1v) is 13.8. The van der Waals surface area contributed by atoms with Crippen LogP contribution in [-0.4, -0.2) is 44.6 Å². The van der Waals surface area contributed by atoms with Crippen molar-refractivity contribution < 1.29 is 27.8 Å². The maximum Gasteiger partial charge on any atom is 0.220 e. The van der Waals surface area contributed by atoms with Gasteiger partial charge in [-0.15, -0.1) is 0 Å². The van der Waals surface area contributed by atoms with E-state index in [4.69, 9.17) is 0 Å². The molecule has 6 nitrogen and oxygen atoms in total. The molecule has 194 valence electrons. The summed E-state index contributed by atoms with van der Waals surface area (Å²) in [6, 6.07) is 7.91. The van der Waals surface area contributed by atoms with E-state index in [1.165, 1.54) is 12.1 Å². The number of carbonyl (C=O) groups excluding carboxylic acids is 1. The normalized spacial score (nSPS) is 19.6. The zero-order valence-corrected chi connectivity index (χ0v) is 21.2. The van der Waals surface area contributed by atoms with Gasteiger partial charge in [0.25, 0.3) is 0 Å². The van der Waals surface area contributed by atoms with Gasteiger partial charge >= 0.3 is 0 Å². The van der Waals surface area contributed by atoms with Crippen molar-refractivity contribution in [1.82, 2.24) is 10.6 Å². The fraction of sp³-hybridized carbons (Fsp3) is 0.500. The second-order valence-electron chi connectivity index (χ2n) is 9.78. The second kappa shape index (κ2) is 11.8. The number of amides is 1. The Labute approximate surface area is 207 Å². The van der Waals surface area contributed by atoms with Gasteiger partial charge in [-0.1, -0.05) is 39.0 Å². The summed E-state index contributed by atoms with van der Waals surface area (Å²) in [5.74, 6) is -1.28. The van der Waals surface area contributed by atoms with Crippen LogP contribution in [0.1, 0.15) is 55.5 Å². The van der Waals surface area contributed by atoms with Crippen LogP contribution in [0.4, 0.5) is 8.78 Å². The molecule has 9 heteroatoms. The van der Waals surface area contributed by atoms with Gasteiger partial charge in [-0.3, -0.25) is 13.9 Å². The van der Waals surface area contributed by atoms with E-state index < -0.39 is 34.4 Å². The molecule has 0 aliphatic carbocycles. The van der Waals surface area contributed by atoms with E-state index in [0.29, 0.717) is 5.56 Å². The van der Waals surface area contributed by atoms with Crippen molar-refractivity contribution in [3.63, 3.8) is 0 Å². The van der Waals surface area contributed by atoms with Crippen molar-refractivity contribution in [2.45, 2.75) is 64.0 Å². The van der Waals surface area contributed by atoms with E-state index in [2.05, 4.69) is 10.6 Å². The Kier molecular flexibility index (Phi) is 9.28. The molecule has 3 atom stereocenters. The molecule has 0 unspecified atom stereocenters. The first-order valence-electron chi connectivity index (χ1n) is 12.0. The minimum Gasteiger partial charge on any atom is -0.390 e. The van der Waals surface area contributed by atoms with Crippen LogP contribution in [-0.2, 0) is 23.4 Å². The molecule has 0 saturated heterocycles. The summed E-state index contributed by atoms with van der Waals surface area (Å²) in [5.41, 5.74) is 3.27. The summed E-state index contributed by atoms with van der Waals surface area (Å²) < 4.78 is 48.4. The van der Waals surface area contributed by atoms with Crippen LogP contribution in [0.3, 0.4) is 0 Å². The number of aliphatic hydroxyl groups is 1. The average Bonchev–Trinajstić information content (AvgIpc) is 2.74. The maximum absolute atomic E-state index is 13.7. The van der Waals surface area contributed by atoms with E-state index in [-0.39, 0.29) is 48.8 Å².